The maximum atomic E-state index is 13.1. The van der Waals surface area contributed by atoms with Gasteiger partial charge in [-0.2, -0.15) is 13.2 Å². The lowest BCUT2D eigenvalue weighted by atomic mass is 9.92. The van der Waals surface area contributed by atoms with Gasteiger partial charge >= 0.3 is 6.18 Å². The molecule has 0 atom stereocenters. The highest BCUT2D eigenvalue weighted by Gasteiger charge is 2.36. The highest BCUT2D eigenvalue weighted by Crippen LogP contribution is 2.32. The van der Waals surface area contributed by atoms with Gasteiger partial charge in [0.1, 0.15) is 5.82 Å². The van der Waals surface area contributed by atoms with Gasteiger partial charge in [0.25, 0.3) is 0 Å². The summed E-state index contributed by atoms with van der Waals surface area (Å²) in [6.45, 7) is 3.07. The van der Waals surface area contributed by atoms with Crippen LogP contribution in [0.1, 0.15) is 29.8 Å². The Morgan fingerprint density at radius 3 is 2.22 bits per heavy atom. The van der Waals surface area contributed by atoms with E-state index in [0.29, 0.717) is 12.1 Å². The minimum atomic E-state index is -4.82. The van der Waals surface area contributed by atoms with E-state index in [4.69, 9.17) is 0 Å². The molecule has 0 unspecified atom stereocenters. The Balaban J connectivity index is 3.26. The topological polar surface area (TPSA) is 29.1 Å². The molecule has 0 aliphatic rings. The Morgan fingerprint density at radius 1 is 1.22 bits per heavy atom. The van der Waals surface area contributed by atoms with E-state index in [-0.39, 0.29) is 5.56 Å². The van der Waals surface area contributed by atoms with Crippen LogP contribution in [0.25, 0.3) is 0 Å². The summed E-state index contributed by atoms with van der Waals surface area (Å²) in [5, 5.41) is 2.69. The molecule has 0 heterocycles. The second-order valence-corrected chi connectivity index (χ2v) is 4.40. The number of ketones is 1. The molecule has 1 aromatic rings. The summed E-state index contributed by atoms with van der Waals surface area (Å²) in [5.74, 6) is -1.92. The predicted octanol–water partition coefficient (Wildman–Crippen LogP) is 3.03. The van der Waals surface area contributed by atoms with Crippen LogP contribution in [0.4, 0.5) is 17.6 Å². The molecule has 0 fully saturated rings. The van der Waals surface area contributed by atoms with Crippen molar-refractivity contribution in [2.24, 2.45) is 0 Å². The lowest BCUT2D eigenvalue weighted by Crippen LogP contribution is -2.44. The van der Waals surface area contributed by atoms with Crippen molar-refractivity contribution in [1.29, 1.82) is 0 Å². The van der Waals surface area contributed by atoms with Gasteiger partial charge in [-0.3, -0.25) is 4.79 Å². The van der Waals surface area contributed by atoms with Crippen molar-refractivity contribution in [3.63, 3.8) is 0 Å². The van der Waals surface area contributed by atoms with Gasteiger partial charge in [0.2, 0.25) is 0 Å². The second kappa shape index (κ2) is 4.68. The average Bonchev–Trinajstić information content (AvgIpc) is 2.27. The number of rotatable bonds is 3. The van der Waals surface area contributed by atoms with E-state index in [1.165, 1.54) is 20.9 Å². The van der Waals surface area contributed by atoms with Gasteiger partial charge < -0.3 is 5.32 Å². The third kappa shape index (κ3) is 2.87. The molecule has 18 heavy (non-hydrogen) atoms. The van der Waals surface area contributed by atoms with Crippen LogP contribution in [0.3, 0.4) is 0 Å². The number of carbonyl (C=O) groups excluding carboxylic acids is 1. The summed E-state index contributed by atoms with van der Waals surface area (Å²) in [5.41, 5.74) is -2.62. The molecular formula is C12H13F4NO. The van der Waals surface area contributed by atoms with Crippen LogP contribution in [0, 0.1) is 5.82 Å². The third-order valence-corrected chi connectivity index (χ3v) is 2.73. The number of hydrogen-bond donors (Lipinski definition) is 1. The number of halogens is 4. The zero-order valence-corrected chi connectivity index (χ0v) is 10.2. The zero-order valence-electron chi connectivity index (χ0n) is 10.2. The van der Waals surface area contributed by atoms with Gasteiger partial charge in [-0.15, -0.1) is 0 Å². The van der Waals surface area contributed by atoms with Gasteiger partial charge in [0.05, 0.1) is 11.1 Å². The third-order valence-electron chi connectivity index (χ3n) is 2.73. The molecule has 2 nitrogen and oxygen atoms in total. The number of hydrogen-bond acceptors (Lipinski definition) is 2. The normalized spacial score (nSPS) is 12.6. The summed E-state index contributed by atoms with van der Waals surface area (Å²) in [6.07, 6.45) is -4.82. The predicted molar refractivity (Wildman–Crippen MR) is 58.9 cm³/mol. The maximum absolute atomic E-state index is 13.1. The SMILES string of the molecule is CNC(C)(C)C(=O)c1ccc(F)c(C(F)(F)F)c1. The first-order valence-electron chi connectivity index (χ1n) is 5.20. The number of Topliss-reactive ketones (excluding diaryl/α,β-unsaturated/α-hetero) is 1. The highest BCUT2D eigenvalue weighted by molar-refractivity contribution is 6.02. The molecule has 0 amide bonds. The van der Waals surface area contributed by atoms with Crippen molar-refractivity contribution in [3.8, 4) is 0 Å². The number of nitrogens with one attached hydrogen (secondary N) is 1. The van der Waals surface area contributed by atoms with Crippen LogP contribution in [-0.4, -0.2) is 18.4 Å². The number of likely N-dealkylation sites (N-methyl/N-ethyl adjacent to an activating group) is 1. The average molecular weight is 263 g/mol. The lowest BCUT2D eigenvalue weighted by Gasteiger charge is -2.22. The van der Waals surface area contributed by atoms with E-state index in [2.05, 4.69) is 5.32 Å². The molecule has 0 aliphatic carbocycles. The fraction of sp³-hybridized carbons (Fsp3) is 0.417. The van der Waals surface area contributed by atoms with E-state index >= 15 is 0 Å². The largest absolute Gasteiger partial charge is 0.419 e. The molecule has 1 rings (SSSR count). The molecule has 0 spiro atoms. The van der Waals surface area contributed by atoms with Gasteiger partial charge in [-0.25, -0.2) is 4.39 Å². The van der Waals surface area contributed by atoms with Crippen LogP contribution in [-0.2, 0) is 6.18 Å². The van der Waals surface area contributed by atoms with Gasteiger partial charge in [-0.05, 0) is 39.1 Å². The molecule has 0 bridgehead atoms. The molecule has 0 radical (unpaired) electrons. The molecule has 0 aliphatic heterocycles. The fourth-order valence-electron chi connectivity index (χ4n) is 1.36. The van der Waals surface area contributed by atoms with Gasteiger partial charge in [-0.1, -0.05) is 0 Å². The molecular weight excluding hydrogens is 250 g/mol. The number of alkyl halides is 3. The van der Waals surface area contributed by atoms with Crippen LogP contribution in [0.15, 0.2) is 18.2 Å². The van der Waals surface area contributed by atoms with Crippen LogP contribution in [0.2, 0.25) is 0 Å². The molecule has 6 heteroatoms. The van der Waals surface area contributed by atoms with Crippen molar-refractivity contribution in [2.75, 3.05) is 7.05 Å². The Morgan fingerprint density at radius 2 is 1.78 bits per heavy atom. The molecule has 0 aromatic heterocycles. The Labute approximate surface area is 102 Å². The standard InChI is InChI=1S/C12H13F4NO/c1-11(2,17-3)10(18)7-4-5-9(13)8(6-7)12(14,15)16/h4-6,17H,1-3H3. The van der Waals surface area contributed by atoms with E-state index in [9.17, 15) is 22.4 Å². The lowest BCUT2D eigenvalue weighted by molar-refractivity contribution is -0.140. The van der Waals surface area contributed by atoms with E-state index in [1.54, 1.807) is 0 Å². The molecule has 1 N–H and O–H groups in total. The van der Waals surface area contributed by atoms with Crippen molar-refractivity contribution < 1.29 is 22.4 Å². The summed E-state index contributed by atoms with van der Waals surface area (Å²) >= 11 is 0. The fourth-order valence-corrected chi connectivity index (χ4v) is 1.36. The molecule has 100 valence electrons. The van der Waals surface area contributed by atoms with Crippen molar-refractivity contribution in [2.45, 2.75) is 25.6 Å². The monoisotopic (exact) mass is 263 g/mol. The molecule has 0 saturated heterocycles. The first-order valence-corrected chi connectivity index (χ1v) is 5.20. The van der Waals surface area contributed by atoms with Crippen molar-refractivity contribution in [1.82, 2.24) is 5.32 Å². The summed E-state index contributed by atoms with van der Waals surface area (Å²) < 4.78 is 50.6. The summed E-state index contributed by atoms with van der Waals surface area (Å²) in [7, 11) is 1.52. The minimum absolute atomic E-state index is 0.178. The first kappa shape index (κ1) is 14.6. The van der Waals surface area contributed by atoms with E-state index in [1.807, 2.05) is 0 Å². The van der Waals surface area contributed by atoms with Crippen molar-refractivity contribution >= 4 is 5.78 Å². The van der Waals surface area contributed by atoms with E-state index in [0.717, 1.165) is 6.07 Å². The molecule has 0 saturated carbocycles. The first-order chi connectivity index (χ1) is 8.09. The quantitative estimate of drug-likeness (QED) is 0.671. The van der Waals surface area contributed by atoms with Crippen LogP contribution >= 0.6 is 0 Å². The summed E-state index contributed by atoms with van der Waals surface area (Å²) in [6, 6.07) is 2.24. The Kier molecular flexibility index (Phi) is 3.81. The number of carbonyl (C=O) groups is 1. The summed E-state index contributed by atoms with van der Waals surface area (Å²) in [4.78, 5) is 11.9. The van der Waals surface area contributed by atoms with Gasteiger partial charge in [0.15, 0.2) is 5.78 Å². The van der Waals surface area contributed by atoms with Crippen LogP contribution < -0.4 is 5.32 Å². The number of benzene rings is 1. The highest BCUT2D eigenvalue weighted by atomic mass is 19.4. The second-order valence-electron chi connectivity index (χ2n) is 4.40. The zero-order chi connectivity index (χ0) is 14.1. The molecule has 1 aromatic carbocycles. The van der Waals surface area contributed by atoms with Gasteiger partial charge in [0, 0.05) is 5.56 Å². The Hall–Kier alpha value is -1.43. The maximum Gasteiger partial charge on any atom is 0.419 e. The smallest absolute Gasteiger partial charge is 0.308 e. The van der Waals surface area contributed by atoms with Crippen LogP contribution in [0.5, 0.6) is 0 Å². The Bertz CT molecular complexity index is 466. The minimum Gasteiger partial charge on any atom is -0.308 e. The van der Waals surface area contributed by atoms with E-state index < -0.39 is 28.9 Å². The van der Waals surface area contributed by atoms with Crippen molar-refractivity contribution in [3.05, 3.63) is 35.1 Å².